The Balaban J connectivity index is 2.44. The van der Waals surface area contributed by atoms with Crippen LogP contribution in [-0.2, 0) is 4.79 Å². The molecule has 0 saturated heterocycles. The van der Waals surface area contributed by atoms with Gasteiger partial charge in [-0.1, -0.05) is 23.4 Å². The minimum absolute atomic E-state index is 0.199. The molecule has 2 rings (SSSR count). The highest BCUT2D eigenvalue weighted by Gasteiger charge is 2.14. The molecule has 0 fully saturated rings. The number of rotatable bonds is 5. The number of H-pyrrole nitrogens is 1. The first-order valence-corrected chi connectivity index (χ1v) is 6.75. The molecule has 0 bridgehead atoms. The first kappa shape index (κ1) is 14.5. The molecule has 2 N–H and O–H groups in total. The number of aromatic amines is 1. The van der Waals surface area contributed by atoms with Crippen LogP contribution >= 0.6 is 23.4 Å². The minimum atomic E-state index is -0.995. The molecule has 1 aromatic carbocycles. The number of carbonyl (C=O) groups is 1. The Hall–Kier alpha value is -1.93. The molecule has 0 amide bonds. The molecule has 7 nitrogen and oxygen atoms in total. The molecule has 106 valence electrons. The van der Waals surface area contributed by atoms with Gasteiger partial charge in [0.2, 0.25) is 0 Å². The second kappa shape index (κ2) is 6.02. The molecule has 20 heavy (non-hydrogen) atoms. The first-order chi connectivity index (χ1) is 9.52. The Morgan fingerprint density at radius 3 is 3.00 bits per heavy atom. The van der Waals surface area contributed by atoms with E-state index in [-0.39, 0.29) is 10.9 Å². The maximum Gasteiger partial charge on any atom is 0.348 e. The number of nitrogens with one attached hydrogen (secondary N) is 1. The Labute approximate surface area is 122 Å². The van der Waals surface area contributed by atoms with Gasteiger partial charge in [-0.25, -0.2) is 14.5 Å². The molecule has 9 heteroatoms. The summed E-state index contributed by atoms with van der Waals surface area (Å²) in [5.74, 6) is -0.785. The molecule has 0 unspecified atom stereocenters. The van der Waals surface area contributed by atoms with Crippen LogP contribution in [-0.4, -0.2) is 38.7 Å². The number of halogens is 1. The van der Waals surface area contributed by atoms with Gasteiger partial charge in [0.05, 0.1) is 23.6 Å². The van der Waals surface area contributed by atoms with Gasteiger partial charge in [0.25, 0.3) is 0 Å². The summed E-state index contributed by atoms with van der Waals surface area (Å²) in [4.78, 5) is 22.4. The zero-order valence-corrected chi connectivity index (χ0v) is 11.9. The molecule has 0 spiro atoms. The Morgan fingerprint density at radius 2 is 2.35 bits per heavy atom. The zero-order valence-electron chi connectivity index (χ0n) is 10.3. The van der Waals surface area contributed by atoms with Gasteiger partial charge in [-0.3, -0.25) is 4.79 Å². The predicted octanol–water partition coefficient (Wildman–Crippen LogP) is 1.40. The van der Waals surface area contributed by atoms with Gasteiger partial charge in [0.15, 0.2) is 5.16 Å². The number of aromatic nitrogens is 3. The van der Waals surface area contributed by atoms with Crippen molar-refractivity contribution in [1.29, 1.82) is 0 Å². The lowest BCUT2D eigenvalue weighted by molar-refractivity contribution is -0.133. The molecule has 0 aliphatic rings. The number of ether oxygens (including phenoxy) is 1. The lowest BCUT2D eigenvalue weighted by Crippen LogP contribution is -2.16. The van der Waals surface area contributed by atoms with Crippen LogP contribution in [0.4, 0.5) is 0 Å². The summed E-state index contributed by atoms with van der Waals surface area (Å²) in [6.45, 7) is 0. The standard InChI is InChI=1S/C11H10ClN3O4S/c1-19-8-4-6(2-3-7(8)12)15-10(18)13-14-11(15)20-5-9(16)17/h2-4H,5H2,1H3,(H,13,18)(H,16,17). The van der Waals surface area contributed by atoms with E-state index >= 15 is 0 Å². The quantitative estimate of drug-likeness (QED) is 0.809. The summed E-state index contributed by atoms with van der Waals surface area (Å²) in [6.07, 6.45) is 0. The summed E-state index contributed by atoms with van der Waals surface area (Å²) >= 11 is 6.86. The van der Waals surface area contributed by atoms with Crippen LogP contribution in [0.2, 0.25) is 5.02 Å². The molecule has 0 radical (unpaired) electrons. The van der Waals surface area contributed by atoms with Crippen molar-refractivity contribution in [3.05, 3.63) is 33.7 Å². The van der Waals surface area contributed by atoms with E-state index in [0.717, 1.165) is 11.8 Å². The number of benzene rings is 1. The number of thioether (sulfide) groups is 1. The summed E-state index contributed by atoms with van der Waals surface area (Å²) in [5, 5.41) is 15.4. The van der Waals surface area contributed by atoms with Crippen LogP contribution in [0.3, 0.4) is 0 Å². The van der Waals surface area contributed by atoms with Crippen LogP contribution in [0.25, 0.3) is 5.69 Å². The molecule has 2 aromatic rings. The average molecular weight is 316 g/mol. The average Bonchev–Trinajstić information content (AvgIpc) is 2.78. The Morgan fingerprint density at radius 1 is 1.60 bits per heavy atom. The van der Waals surface area contributed by atoms with E-state index in [1.54, 1.807) is 18.2 Å². The zero-order chi connectivity index (χ0) is 14.7. The van der Waals surface area contributed by atoms with Crippen LogP contribution in [0.1, 0.15) is 0 Å². The van der Waals surface area contributed by atoms with Crippen molar-refractivity contribution in [2.24, 2.45) is 0 Å². The minimum Gasteiger partial charge on any atom is -0.495 e. The van der Waals surface area contributed by atoms with Gasteiger partial charge in [-0.05, 0) is 12.1 Å². The first-order valence-electron chi connectivity index (χ1n) is 5.39. The van der Waals surface area contributed by atoms with Crippen LogP contribution in [0, 0.1) is 0 Å². The smallest absolute Gasteiger partial charge is 0.348 e. The summed E-state index contributed by atoms with van der Waals surface area (Å²) in [7, 11) is 1.46. The van der Waals surface area contributed by atoms with Crippen molar-refractivity contribution in [2.45, 2.75) is 5.16 Å². The highest BCUT2D eigenvalue weighted by molar-refractivity contribution is 7.99. The third-order valence-electron chi connectivity index (χ3n) is 2.36. The molecule has 0 atom stereocenters. The summed E-state index contributed by atoms with van der Waals surface area (Å²) in [5.41, 5.74) is 0.0140. The molecular formula is C11H10ClN3O4S. The number of carboxylic acids is 1. The maximum absolute atomic E-state index is 11.8. The van der Waals surface area contributed by atoms with E-state index in [4.69, 9.17) is 21.4 Å². The van der Waals surface area contributed by atoms with Gasteiger partial charge in [0.1, 0.15) is 5.75 Å². The van der Waals surface area contributed by atoms with Crippen molar-refractivity contribution in [1.82, 2.24) is 14.8 Å². The number of aliphatic carboxylic acids is 1. The SMILES string of the molecule is COc1cc(-n2c(SCC(=O)O)n[nH]c2=O)ccc1Cl. The molecular weight excluding hydrogens is 306 g/mol. The second-order valence-corrected chi connectivity index (χ2v) is 5.00. The van der Waals surface area contributed by atoms with Gasteiger partial charge >= 0.3 is 11.7 Å². The van der Waals surface area contributed by atoms with Crippen molar-refractivity contribution in [2.75, 3.05) is 12.9 Å². The van der Waals surface area contributed by atoms with Crippen molar-refractivity contribution < 1.29 is 14.6 Å². The van der Waals surface area contributed by atoms with E-state index in [2.05, 4.69) is 10.2 Å². The summed E-state index contributed by atoms with van der Waals surface area (Å²) in [6, 6.07) is 4.78. The van der Waals surface area contributed by atoms with Gasteiger partial charge in [0, 0.05) is 6.07 Å². The van der Waals surface area contributed by atoms with Crippen molar-refractivity contribution >= 4 is 29.3 Å². The molecule has 0 saturated carbocycles. The molecule has 0 aliphatic heterocycles. The fraction of sp³-hybridized carbons (Fsp3) is 0.182. The number of hydrogen-bond acceptors (Lipinski definition) is 5. The number of hydrogen-bond donors (Lipinski definition) is 2. The van der Waals surface area contributed by atoms with E-state index in [0.29, 0.717) is 16.5 Å². The number of nitrogens with zero attached hydrogens (tertiary/aromatic N) is 2. The highest BCUT2D eigenvalue weighted by Crippen LogP contribution is 2.27. The van der Waals surface area contributed by atoms with Gasteiger partial charge < -0.3 is 9.84 Å². The molecule has 1 aromatic heterocycles. The normalized spacial score (nSPS) is 10.5. The van der Waals surface area contributed by atoms with Crippen LogP contribution < -0.4 is 10.4 Å². The van der Waals surface area contributed by atoms with Crippen molar-refractivity contribution in [3.63, 3.8) is 0 Å². The van der Waals surface area contributed by atoms with E-state index < -0.39 is 11.7 Å². The predicted molar refractivity (Wildman–Crippen MR) is 74.1 cm³/mol. The third kappa shape index (κ3) is 2.97. The number of carboxylic acid groups (broad SMARTS) is 1. The van der Waals surface area contributed by atoms with Gasteiger partial charge in [-0.2, -0.15) is 0 Å². The lowest BCUT2D eigenvalue weighted by atomic mass is 10.3. The van der Waals surface area contributed by atoms with Crippen LogP contribution in [0.15, 0.2) is 28.2 Å². The summed E-state index contributed by atoms with van der Waals surface area (Å²) < 4.78 is 6.34. The van der Waals surface area contributed by atoms with E-state index in [9.17, 15) is 9.59 Å². The van der Waals surface area contributed by atoms with E-state index in [1.807, 2.05) is 0 Å². The number of methoxy groups -OCH3 is 1. The fourth-order valence-electron chi connectivity index (χ4n) is 1.52. The Kier molecular flexibility index (Phi) is 4.35. The largest absolute Gasteiger partial charge is 0.495 e. The third-order valence-corrected chi connectivity index (χ3v) is 3.59. The monoisotopic (exact) mass is 315 g/mol. The van der Waals surface area contributed by atoms with Gasteiger partial charge in [-0.15, -0.1) is 5.10 Å². The highest BCUT2D eigenvalue weighted by atomic mass is 35.5. The van der Waals surface area contributed by atoms with Crippen LogP contribution in [0.5, 0.6) is 5.75 Å². The lowest BCUT2D eigenvalue weighted by Gasteiger charge is -2.08. The molecule has 1 heterocycles. The second-order valence-electron chi connectivity index (χ2n) is 3.65. The molecule has 0 aliphatic carbocycles. The Bertz CT molecular complexity index is 697. The topological polar surface area (TPSA) is 97.2 Å². The van der Waals surface area contributed by atoms with E-state index in [1.165, 1.54) is 11.7 Å². The maximum atomic E-state index is 11.8. The van der Waals surface area contributed by atoms with Crippen molar-refractivity contribution in [3.8, 4) is 11.4 Å². The fourth-order valence-corrected chi connectivity index (χ4v) is 2.40.